The van der Waals surface area contributed by atoms with Crippen molar-refractivity contribution in [2.24, 2.45) is 0 Å². The van der Waals surface area contributed by atoms with Gasteiger partial charge in [-0.2, -0.15) is 0 Å². The molecule has 0 saturated heterocycles. The van der Waals surface area contributed by atoms with Crippen LogP contribution in [0.3, 0.4) is 0 Å². The minimum absolute atomic E-state index is 0.0770. The zero-order valence-corrected chi connectivity index (χ0v) is 8.99. The van der Waals surface area contributed by atoms with Crippen LogP contribution in [0, 0.1) is 0 Å². The van der Waals surface area contributed by atoms with E-state index in [1.54, 1.807) is 6.07 Å². The van der Waals surface area contributed by atoms with Gasteiger partial charge in [0, 0.05) is 18.8 Å². The van der Waals surface area contributed by atoms with Crippen LogP contribution in [0.2, 0.25) is 0 Å². The number of nitrogens with one attached hydrogen (secondary N) is 1. The summed E-state index contributed by atoms with van der Waals surface area (Å²) in [6, 6.07) is 3.44. The van der Waals surface area contributed by atoms with E-state index in [0.29, 0.717) is 0 Å². The molecule has 0 aromatic carbocycles. The average Bonchev–Trinajstić information content (AvgIpc) is 2.57. The van der Waals surface area contributed by atoms with Crippen LogP contribution >= 0.6 is 0 Å². The lowest BCUT2D eigenvalue weighted by atomic mass is 10.2. The molecule has 0 aliphatic heterocycles. The van der Waals surface area contributed by atoms with Gasteiger partial charge in [-0.05, 0) is 32.1 Å². The lowest BCUT2D eigenvalue weighted by molar-refractivity contribution is 0.414. The van der Waals surface area contributed by atoms with Crippen molar-refractivity contribution in [2.45, 2.75) is 6.42 Å². The molecule has 2 rings (SSSR count). The van der Waals surface area contributed by atoms with E-state index < -0.39 is 0 Å². The van der Waals surface area contributed by atoms with Gasteiger partial charge < -0.3 is 15.0 Å². The second-order valence-electron chi connectivity index (χ2n) is 3.93. The molecule has 80 valence electrons. The summed E-state index contributed by atoms with van der Waals surface area (Å²) in [5.74, 6) is 0.0770. The molecule has 4 nitrogen and oxygen atoms in total. The van der Waals surface area contributed by atoms with Crippen molar-refractivity contribution in [3.63, 3.8) is 0 Å². The third kappa shape index (κ3) is 2.10. The van der Waals surface area contributed by atoms with Gasteiger partial charge in [-0.3, -0.25) is 0 Å². The molecule has 0 saturated carbocycles. The number of nitrogens with zero attached hydrogens (tertiary/aromatic N) is 2. The number of pyridine rings is 1. The van der Waals surface area contributed by atoms with Gasteiger partial charge in [0.1, 0.15) is 0 Å². The minimum Gasteiger partial charge on any atom is -0.493 e. The maximum atomic E-state index is 9.32. The van der Waals surface area contributed by atoms with E-state index in [2.05, 4.69) is 14.9 Å². The highest BCUT2D eigenvalue weighted by Gasteiger charge is 2.05. The number of hydrogen-bond acceptors (Lipinski definition) is 3. The molecule has 15 heavy (non-hydrogen) atoms. The summed E-state index contributed by atoms with van der Waals surface area (Å²) in [7, 11) is 4.08. The van der Waals surface area contributed by atoms with Crippen molar-refractivity contribution in [3.8, 4) is 5.88 Å². The fraction of sp³-hybridized carbons (Fsp3) is 0.364. The Hall–Kier alpha value is -1.55. The second kappa shape index (κ2) is 3.90. The van der Waals surface area contributed by atoms with Crippen LogP contribution in [0.25, 0.3) is 11.0 Å². The molecule has 2 N–H and O–H groups in total. The number of aromatic amines is 1. The molecule has 0 aliphatic carbocycles. The molecule has 0 atom stereocenters. The normalized spacial score (nSPS) is 11.4. The fourth-order valence-corrected chi connectivity index (χ4v) is 1.58. The van der Waals surface area contributed by atoms with Gasteiger partial charge in [0.05, 0.1) is 11.0 Å². The summed E-state index contributed by atoms with van der Waals surface area (Å²) in [6.07, 6.45) is 2.89. The Labute approximate surface area is 88.6 Å². The predicted octanol–water partition coefficient (Wildman–Crippen LogP) is 1.37. The molecular formula is C11H15N3O. The molecule has 2 aromatic rings. The Morgan fingerprint density at radius 1 is 1.40 bits per heavy atom. The Bertz CT molecular complexity index is 462. The average molecular weight is 205 g/mol. The van der Waals surface area contributed by atoms with Gasteiger partial charge in [-0.25, -0.2) is 4.98 Å². The standard InChI is InChI=1S/C11H15N3O/c1-14(2)6-5-8-7-12-9-3-4-10(15)13-11(8)9/h3-4,7,12H,5-6H2,1-2H3,(H,13,15). The molecule has 0 aliphatic rings. The van der Waals surface area contributed by atoms with Crippen molar-refractivity contribution in [1.82, 2.24) is 14.9 Å². The molecule has 0 amide bonds. The van der Waals surface area contributed by atoms with Crippen molar-refractivity contribution in [3.05, 3.63) is 23.9 Å². The SMILES string of the molecule is CN(C)CCc1c[nH]c2ccc(O)nc12. The van der Waals surface area contributed by atoms with Gasteiger partial charge >= 0.3 is 0 Å². The van der Waals surface area contributed by atoms with E-state index in [9.17, 15) is 5.11 Å². The molecule has 0 unspecified atom stereocenters. The van der Waals surface area contributed by atoms with Gasteiger partial charge in [0.25, 0.3) is 0 Å². The Kier molecular flexibility index (Phi) is 2.60. The predicted molar refractivity (Wildman–Crippen MR) is 60.0 cm³/mol. The number of H-pyrrole nitrogens is 1. The monoisotopic (exact) mass is 205 g/mol. The van der Waals surface area contributed by atoms with Gasteiger partial charge in [-0.1, -0.05) is 0 Å². The number of fused-ring (bicyclic) bond motifs is 1. The summed E-state index contributed by atoms with van der Waals surface area (Å²) in [5, 5.41) is 9.32. The first-order valence-electron chi connectivity index (χ1n) is 4.97. The van der Waals surface area contributed by atoms with E-state index in [0.717, 1.165) is 29.6 Å². The molecule has 4 heteroatoms. The smallest absolute Gasteiger partial charge is 0.211 e. The molecule has 2 aromatic heterocycles. The molecule has 0 fully saturated rings. The summed E-state index contributed by atoms with van der Waals surface area (Å²) in [6.45, 7) is 0.976. The van der Waals surface area contributed by atoms with Crippen LogP contribution in [-0.2, 0) is 6.42 Å². The van der Waals surface area contributed by atoms with Gasteiger partial charge in [0.15, 0.2) is 0 Å². The second-order valence-corrected chi connectivity index (χ2v) is 3.93. The number of aromatic nitrogens is 2. The molecule has 0 spiro atoms. The highest BCUT2D eigenvalue weighted by molar-refractivity contribution is 5.79. The van der Waals surface area contributed by atoms with Crippen molar-refractivity contribution in [2.75, 3.05) is 20.6 Å². The number of likely N-dealkylation sites (N-methyl/N-ethyl adjacent to an activating group) is 1. The highest BCUT2D eigenvalue weighted by Crippen LogP contribution is 2.19. The third-order valence-corrected chi connectivity index (χ3v) is 2.41. The van der Waals surface area contributed by atoms with Crippen LogP contribution in [0.5, 0.6) is 5.88 Å². The minimum atomic E-state index is 0.0770. The lowest BCUT2D eigenvalue weighted by Crippen LogP contribution is -2.14. The largest absolute Gasteiger partial charge is 0.493 e. The first-order chi connectivity index (χ1) is 7.16. The third-order valence-electron chi connectivity index (χ3n) is 2.41. The Morgan fingerprint density at radius 3 is 2.93 bits per heavy atom. The quantitative estimate of drug-likeness (QED) is 0.795. The van der Waals surface area contributed by atoms with Crippen LogP contribution in [0.1, 0.15) is 5.56 Å². The first kappa shape index (κ1) is 9.98. The van der Waals surface area contributed by atoms with Crippen molar-refractivity contribution < 1.29 is 5.11 Å². The zero-order chi connectivity index (χ0) is 10.8. The number of rotatable bonds is 3. The van der Waals surface area contributed by atoms with Gasteiger partial charge in [-0.15, -0.1) is 0 Å². The van der Waals surface area contributed by atoms with Crippen LogP contribution < -0.4 is 0 Å². The van der Waals surface area contributed by atoms with Crippen molar-refractivity contribution >= 4 is 11.0 Å². The van der Waals surface area contributed by atoms with Crippen molar-refractivity contribution in [1.29, 1.82) is 0 Å². The number of aromatic hydroxyl groups is 1. The molecule has 0 bridgehead atoms. The summed E-state index contributed by atoms with van der Waals surface area (Å²) < 4.78 is 0. The topological polar surface area (TPSA) is 52.2 Å². The Morgan fingerprint density at radius 2 is 2.20 bits per heavy atom. The van der Waals surface area contributed by atoms with Crippen LogP contribution in [-0.4, -0.2) is 40.6 Å². The van der Waals surface area contributed by atoms with E-state index in [1.165, 1.54) is 0 Å². The number of hydrogen-bond donors (Lipinski definition) is 2. The van der Waals surface area contributed by atoms with Crippen LogP contribution in [0.15, 0.2) is 18.3 Å². The first-order valence-corrected chi connectivity index (χ1v) is 4.97. The van der Waals surface area contributed by atoms with E-state index in [-0.39, 0.29) is 5.88 Å². The molecular weight excluding hydrogens is 190 g/mol. The lowest BCUT2D eigenvalue weighted by Gasteiger charge is -2.07. The maximum Gasteiger partial charge on any atom is 0.211 e. The summed E-state index contributed by atoms with van der Waals surface area (Å²) >= 11 is 0. The Balaban J connectivity index is 2.31. The summed E-state index contributed by atoms with van der Waals surface area (Å²) in [5.41, 5.74) is 2.99. The van der Waals surface area contributed by atoms with E-state index in [4.69, 9.17) is 0 Å². The van der Waals surface area contributed by atoms with Gasteiger partial charge in [0.2, 0.25) is 5.88 Å². The van der Waals surface area contributed by atoms with E-state index in [1.807, 2.05) is 26.4 Å². The van der Waals surface area contributed by atoms with Crippen LogP contribution in [0.4, 0.5) is 0 Å². The summed E-state index contributed by atoms with van der Waals surface area (Å²) in [4.78, 5) is 9.39. The highest BCUT2D eigenvalue weighted by atomic mass is 16.3. The maximum absolute atomic E-state index is 9.32. The zero-order valence-electron chi connectivity index (χ0n) is 8.99. The van der Waals surface area contributed by atoms with E-state index >= 15 is 0 Å². The fourth-order valence-electron chi connectivity index (χ4n) is 1.58. The molecule has 0 radical (unpaired) electrons. The molecule has 2 heterocycles.